The van der Waals surface area contributed by atoms with Gasteiger partial charge in [0.2, 0.25) is 6.10 Å². The number of benzene rings is 2. The minimum atomic E-state index is -1.80. The zero-order chi connectivity index (χ0) is 30.9. The van der Waals surface area contributed by atoms with Gasteiger partial charge in [0.15, 0.2) is 12.5 Å². The second kappa shape index (κ2) is 14.2. The number of hydrogen-bond acceptors (Lipinski definition) is 13. The number of anilines is 1. The summed E-state index contributed by atoms with van der Waals surface area (Å²) in [6, 6.07) is 13.9. The van der Waals surface area contributed by atoms with Crippen LogP contribution in [-0.2, 0) is 46.5 Å². The van der Waals surface area contributed by atoms with Crippen LogP contribution in [0.2, 0.25) is 0 Å². The van der Waals surface area contributed by atoms with Crippen LogP contribution >= 0.6 is 0 Å². The van der Waals surface area contributed by atoms with Crippen molar-refractivity contribution in [1.29, 1.82) is 0 Å². The lowest BCUT2D eigenvalue weighted by atomic mass is 10.2. The number of aliphatic hydroxyl groups excluding tert-OH is 1. The molecule has 43 heavy (non-hydrogen) atoms. The van der Waals surface area contributed by atoms with E-state index in [0.29, 0.717) is 22.6 Å². The molecule has 2 aromatic carbocycles. The summed E-state index contributed by atoms with van der Waals surface area (Å²) in [5.41, 5.74) is 0.401. The number of nitrogens with zero attached hydrogens (tertiary/aromatic N) is 2. The molecule has 0 saturated carbocycles. The SMILES string of the molecule is CC(=O)Oc1ccc(COC(=O)Nc2ccn(C3COC(C(O)C(=O)OCc4ccc(OC(C)=O)cc4)O3)c(=O)n2)cc1. The van der Waals surface area contributed by atoms with Crippen molar-refractivity contribution in [2.45, 2.75) is 45.7 Å². The highest BCUT2D eigenvalue weighted by molar-refractivity contribution is 5.83. The van der Waals surface area contributed by atoms with Crippen molar-refractivity contribution in [3.8, 4) is 11.5 Å². The molecule has 2 N–H and O–H groups in total. The number of nitrogens with one attached hydrogen (secondary N) is 1. The third-order valence-electron chi connectivity index (χ3n) is 5.68. The molecule has 226 valence electrons. The average Bonchev–Trinajstić information content (AvgIpc) is 3.45. The first kappa shape index (κ1) is 30.8. The summed E-state index contributed by atoms with van der Waals surface area (Å²) < 4.78 is 32.0. The number of rotatable bonds is 10. The minimum absolute atomic E-state index is 0.0866. The largest absolute Gasteiger partial charge is 0.459 e. The highest BCUT2D eigenvalue weighted by Gasteiger charge is 2.38. The summed E-state index contributed by atoms with van der Waals surface area (Å²) in [7, 11) is 0. The molecule has 0 radical (unpaired) electrons. The van der Waals surface area contributed by atoms with Crippen molar-refractivity contribution in [3.05, 3.63) is 82.4 Å². The molecule has 15 heteroatoms. The van der Waals surface area contributed by atoms with E-state index in [1.165, 1.54) is 38.2 Å². The van der Waals surface area contributed by atoms with Crippen LogP contribution in [0.1, 0.15) is 31.2 Å². The van der Waals surface area contributed by atoms with Gasteiger partial charge >= 0.3 is 29.7 Å². The molecule has 1 fully saturated rings. The van der Waals surface area contributed by atoms with Crippen molar-refractivity contribution >= 4 is 29.8 Å². The Morgan fingerprint density at radius 1 is 0.930 bits per heavy atom. The number of carbonyl (C=O) groups is 4. The maximum Gasteiger partial charge on any atom is 0.413 e. The molecule has 2 heterocycles. The molecule has 1 amide bonds. The molecular formula is C28H27N3O12. The van der Waals surface area contributed by atoms with Crippen LogP contribution in [0.5, 0.6) is 11.5 Å². The lowest BCUT2D eigenvalue weighted by Crippen LogP contribution is -2.36. The summed E-state index contributed by atoms with van der Waals surface area (Å²) in [5, 5.41) is 12.7. The quantitative estimate of drug-likeness (QED) is 0.254. The first-order chi connectivity index (χ1) is 20.6. The zero-order valence-corrected chi connectivity index (χ0v) is 23.0. The van der Waals surface area contributed by atoms with Gasteiger partial charge in [-0.25, -0.2) is 14.4 Å². The maximum atomic E-state index is 12.6. The Balaban J connectivity index is 1.23. The predicted octanol–water partition coefficient (Wildman–Crippen LogP) is 1.82. The third kappa shape index (κ3) is 8.93. The molecule has 1 aliphatic rings. The van der Waals surface area contributed by atoms with Gasteiger partial charge in [0.25, 0.3) is 0 Å². The first-order valence-corrected chi connectivity index (χ1v) is 12.8. The highest BCUT2D eigenvalue weighted by atomic mass is 16.7. The number of aliphatic hydroxyl groups is 1. The van der Waals surface area contributed by atoms with Gasteiger partial charge in [-0.3, -0.25) is 19.5 Å². The Hall–Kier alpha value is -5.12. The number of hydrogen-bond donors (Lipinski definition) is 2. The van der Waals surface area contributed by atoms with Gasteiger partial charge in [0, 0.05) is 20.0 Å². The standard InChI is InChI=1S/C28H27N3O12/c1-16(32)41-20-7-3-18(4-8-20)13-38-25(35)24(34)26-39-15-23(43-26)31-12-11-22(29-27(31)36)30-28(37)40-14-19-5-9-21(10-6-19)42-17(2)33/h3-12,23-24,26,34H,13-15H2,1-2H3,(H,29,30,36,37). The lowest BCUT2D eigenvalue weighted by Gasteiger charge is -2.17. The molecule has 0 spiro atoms. The second-order valence-corrected chi connectivity index (χ2v) is 9.02. The van der Waals surface area contributed by atoms with E-state index in [0.717, 1.165) is 4.57 Å². The molecule has 4 rings (SSSR count). The van der Waals surface area contributed by atoms with E-state index in [4.69, 9.17) is 28.4 Å². The summed E-state index contributed by atoms with van der Waals surface area (Å²) in [4.78, 5) is 62.8. The van der Waals surface area contributed by atoms with E-state index in [2.05, 4.69) is 10.3 Å². The Labute approximate surface area is 243 Å². The van der Waals surface area contributed by atoms with Crippen molar-refractivity contribution in [2.24, 2.45) is 0 Å². The van der Waals surface area contributed by atoms with Crippen LogP contribution < -0.4 is 20.5 Å². The Kier molecular flexibility index (Phi) is 10.2. The topological polar surface area (TPSA) is 191 Å². The molecule has 3 unspecified atom stereocenters. The Bertz CT molecular complexity index is 1520. The molecule has 1 aromatic heterocycles. The third-order valence-corrected chi connectivity index (χ3v) is 5.68. The van der Waals surface area contributed by atoms with Gasteiger partial charge in [0.05, 0.1) is 6.61 Å². The summed E-state index contributed by atoms with van der Waals surface area (Å²) in [6.45, 7) is 2.11. The number of ether oxygens (including phenoxy) is 6. The molecule has 1 saturated heterocycles. The van der Waals surface area contributed by atoms with Crippen molar-refractivity contribution in [2.75, 3.05) is 11.9 Å². The van der Waals surface area contributed by atoms with Gasteiger partial charge in [-0.2, -0.15) is 4.98 Å². The molecule has 0 bridgehead atoms. The van der Waals surface area contributed by atoms with Crippen LogP contribution in [0.3, 0.4) is 0 Å². The van der Waals surface area contributed by atoms with Crippen molar-refractivity contribution in [3.63, 3.8) is 0 Å². The van der Waals surface area contributed by atoms with E-state index >= 15 is 0 Å². The lowest BCUT2D eigenvalue weighted by molar-refractivity contribution is -0.183. The average molecular weight is 598 g/mol. The molecule has 0 aliphatic carbocycles. The predicted molar refractivity (Wildman–Crippen MR) is 143 cm³/mol. The van der Waals surface area contributed by atoms with Crippen LogP contribution in [0.25, 0.3) is 0 Å². The second-order valence-electron chi connectivity index (χ2n) is 9.02. The molecular weight excluding hydrogens is 570 g/mol. The summed E-state index contributed by atoms with van der Waals surface area (Å²) in [6.07, 6.45) is -3.80. The monoisotopic (exact) mass is 597 g/mol. The van der Waals surface area contributed by atoms with E-state index in [-0.39, 0.29) is 25.6 Å². The maximum absolute atomic E-state index is 12.6. The fourth-order valence-electron chi connectivity index (χ4n) is 3.70. The molecule has 3 aromatic rings. The molecule has 1 aliphatic heterocycles. The zero-order valence-electron chi connectivity index (χ0n) is 23.0. The van der Waals surface area contributed by atoms with Crippen LogP contribution in [0.4, 0.5) is 10.6 Å². The van der Waals surface area contributed by atoms with E-state index < -0.39 is 48.3 Å². The fourth-order valence-corrected chi connectivity index (χ4v) is 3.70. The fraction of sp³-hybridized carbons (Fsp3) is 0.286. The van der Waals surface area contributed by atoms with Gasteiger partial charge in [-0.1, -0.05) is 24.3 Å². The number of amides is 1. The van der Waals surface area contributed by atoms with Gasteiger partial charge in [-0.05, 0) is 41.5 Å². The van der Waals surface area contributed by atoms with Gasteiger partial charge in [-0.15, -0.1) is 0 Å². The number of carbonyl (C=O) groups excluding carboxylic acids is 4. The smallest absolute Gasteiger partial charge is 0.413 e. The molecule has 15 nitrogen and oxygen atoms in total. The van der Waals surface area contributed by atoms with E-state index in [1.807, 2.05) is 0 Å². The van der Waals surface area contributed by atoms with Crippen LogP contribution in [0.15, 0.2) is 65.6 Å². The number of aromatic nitrogens is 2. The molecule has 3 atom stereocenters. The normalized spacial score (nSPS) is 16.5. The van der Waals surface area contributed by atoms with E-state index in [1.54, 1.807) is 36.4 Å². The minimum Gasteiger partial charge on any atom is -0.459 e. The van der Waals surface area contributed by atoms with Crippen LogP contribution in [0, 0.1) is 0 Å². The Morgan fingerprint density at radius 2 is 1.49 bits per heavy atom. The summed E-state index contributed by atoms with van der Waals surface area (Å²) >= 11 is 0. The number of esters is 3. The highest BCUT2D eigenvalue weighted by Crippen LogP contribution is 2.23. The summed E-state index contributed by atoms with van der Waals surface area (Å²) in [5.74, 6) is -1.35. The van der Waals surface area contributed by atoms with Crippen molar-refractivity contribution in [1.82, 2.24) is 9.55 Å². The van der Waals surface area contributed by atoms with E-state index in [9.17, 15) is 29.1 Å². The first-order valence-electron chi connectivity index (χ1n) is 12.8. The van der Waals surface area contributed by atoms with Gasteiger partial charge < -0.3 is 33.5 Å². The Morgan fingerprint density at radius 3 is 2.02 bits per heavy atom. The van der Waals surface area contributed by atoms with Gasteiger partial charge in [0.1, 0.15) is 30.5 Å². The van der Waals surface area contributed by atoms with Crippen LogP contribution in [-0.4, -0.2) is 57.7 Å². The van der Waals surface area contributed by atoms with Crippen molar-refractivity contribution < 1.29 is 52.7 Å².